The van der Waals surface area contributed by atoms with Crippen molar-refractivity contribution in [3.05, 3.63) is 106 Å². The highest BCUT2D eigenvalue weighted by Crippen LogP contribution is 2.23. The first-order chi connectivity index (χ1) is 20.9. The van der Waals surface area contributed by atoms with Crippen molar-refractivity contribution in [1.82, 2.24) is 14.5 Å². The van der Waals surface area contributed by atoms with Gasteiger partial charge in [-0.25, -0.2) is 13.2 Å². The molecule has 2 N–H and O–H groups in total. The molecule has 44 heavy (non-hydrogen) atoms. The van der Waals surface area contributed by atoms with E-state index in [0.717, 1.165) is 15.4 Å². The van der Waals surface area contributed by atoms with Gasteiger partial charge in [-0.1, -0.05) is 74.0 Å². The van der Waals surface area contributed by atoms with E-state index in [9.17, 15) is 33.2 Å². The molecule has 236 valence electrons. The van der Waals surface area contributed by atoms with Gasteiger partial charge in [0.25, 0.3) is 5.69 Å². The predicted octanol–water partition coefficient (Wildman–Crippen LogP) is 5.59. The van der Waals surface area contributed by atoms with Crippen LogP contribution in [0.5, 0.6) is 0 Å². The van der Waals surface area contributed by atoms with Crippen LogP contribution >= 0.6 is 0 Å². The van der Waals surface area contributed by atoms with Crippen LogP contribution in [0.4, 0.5) is 10.5 Å². The van der Waals surface area contributed by atoms with Gasteiger partial charge in [-0.15, -0.1) is 0 Å². The summed E-state index contributed by atoms with van der Waals surface area (Å²) in [5.74, 6) is -1.32. The summed E-state index contributed by atoms with van der Waals surface area (Å²) in [4.78, 5) is 37.9. The second-order valence-electron chi connectivity index (χ2n) is 11.1. The van der Waals surface area contributed by atoms with E-state index in [1.807, 2.05) is 51.1 Å². The van der Waals surface area contributed by atoms with Gasteiger partial charge in [0, 0.05) is 38.3 Å². The Morgan fingerprint density at radius 1 is 0.932 bits per heavy atom. The maximum atomic E-state index is 13.5. The van der Waals surface area contributed by atoms with E-state index in [1.54, 1.807) is 29.2 Å². The molecule has 0 bridgehead atoms. The topological polar surface area (TPSA) is 150 Å². The molecule has 0 heterocycles. The lowest BCUT2D eigenvalue weighted by atomic mass is 10.1. The van der Waals surface area contributed by atoms with Crippen LogP contribution in [0.3, 0.4) is 0 Å². The fraction of sp³-hybridized carbons (Fsp3) is 0.375. The third kappa shape index (κ3) is 9.88. The Morgan fingerprint density at radius 3 is 2.18 bits per heavy atom. The van der Waals surface area contributed by atoms with Crippen LogP contribution in [0.2, 0.25) is 0 Å². The number of non-ortho nitro benzene ring substituents is 1. The van der Waals surface area contributed by atoms with E-state index in [2.05, 4.69) is 5.32 Å². The average molecular weight is 625 g/mol. The molecule has 0 aliphatic rings. The van der Waals surface area contributed by atoms with Crippen molar-refractivity contribution in [3.63, 3.8) is 0 Å². The number of hydrogen-bond donors (Lipinski definition) is 2. The number of nitrogens with zero attached hydrogens (tertiary/aromatic N) is 3. The van der Waals surface area contributed by atoms with Gasteiger partial charge in [0.2, 0.25) is 10.0 Å². The van der Waals surface area contributed by atoms with Gasteiger partial charge in [-0.3, -0.25) is 14.9 Å². The SMILES string of the molecule is Cc1ccc(S(=O)(=O)N(CC(C)C)[C@@H](CCCCNC(=O)N(Cc2ccccc2)Cc2cccc([N+](=O)[O-])c2)C(=O)O)cc1. The number of carboxylic acids is 1. The van der Waals surface area contributed by atoms with Gasteiger partial charge >= 0.3 is 12.0 Å². The number of urea groups is 1. The van der Waals surface area contributed by atoms with Gasteiger partial charge in [0.05, 0.1) is 9.82 Å². The van der Waals surface area contributed by atoms with Crippen LogP contribution in [0, 0.1) is 23.0 Å². The minimum absolute atomic E-state index is 0.0459. The molecule has 2 amide bonds. The number of rotatable bonds is 16. The molecule has 1 atom stereocenters. The highest BCUT2D eigenvalue weighted by atomic mass is 32.2. The average Bonchev–Trinajstić information content (AvgIpc) is 2.98. The maximum absolute atomic E-state index is 13.5. The van der Waals surface area contributed by atoms with Crippen molar-refractivity contribution < 1.29 is 28.0 Å². The molecule has 3 aromatic carbocycles. The number of nitro benzene ring substituents is 1. The highest BCUT2D eigenvalue weighted by Gasteiger charge is 2.36. The Bertz CT molecular complexity index is 1510. The lowest BCUT2D eigenvalue weighted by Crippen LogP contribution is -2.46. The maximum Gasteiger partial charge on any atom is 0.322 e. The van der Waals surface area contributed by atoms with Crippen LogP contribution in [-0.2, 0) is 27.9 Å². The van der Waals surface area contributed by atoms with Crippen LogP contribution in [0.15, 0.2) is 83.8 Å². The fourth-order valence-corrected chi connectivity index (χ4v) is 6.53. The largest absolute Gasteiger partial charge is 0.480 e. The Balaban J connectivity index is 1.66. The zero-order chi connectivity index (χ0) is 32.3. The molecule has 0 aliphatic carbocycles. The van der Waals surface area contributed by atoms with E-state index in [-0.39, 0.29) is 55.1 Å². The molecule has 0 unspecified atom stereocenters. The number of carbonyl (C=O) groups excluding carboxylic acids is 1. The molecule has 0 spiro atoms. The van der Waals surface area contributed by atoms with Crippen molar-refractivity contribution in [2.45, 2.75) is 64.1 Å². The standard InChI is InChI=1S/C32H40N4O7S/c1-24(2)21-35(44(42,43)29-17-15-25(3)16-18-29)30(31(37)38)14-7-8-19-33-32(39)34(22-26-10-5-4-6-11-26)23-27-12-9-13-28(20-27)36(40)41/h4-6,9-13,15-18,20,24,30H,7-8,14,19,21-23H2,1-3H3,(H,33,39)(H,37,38)/t30-/m0/s1. The zero-order valence-corrected chi connectivity index (χ0v) is 26.1. The molecular formula is C32H40N4O7S. The first-order valence-electron chi connectivity index (χ1n) is 14.5. The van der Waals surface area contributed by atoms with Crippen LogP contribution in [0.25, 0.3) is 0 Å². The number of unbranched alkanes of at least 4 members (excludes halogenated alkanes) is 1. The summed E-state index contributed by atoms with van der Waals surface area (Å²) < 4.78 is 28.1. The van der Waals surface area contributed by atoms with E-state index in [4.69, 9.17) is 0 Å². The van der Waals surface area contributed by atoms with Crippen molar-refractivity contribution >= 4 is 27.7 Å². The third-order valence-electron chi connectivity index (χ3n) is 6.98. The van der Waals surface area contributed by atoms with E-state index in [0.29, 0.717) is 18.4 Å². The lowest BCUT2D eigenvalue weighted by molar-refractivity contribution is -0.384. The molecule has 0 radical (unpaired) electrons. The van der Waals surface area contributed by atoms with Gasteiger partial charge in [-0.05, 0) is 55.4 Å². The molecule has 0 aromatic heterocycles. The molecule has 3 aromatic rings. The van der Waals surface area contributed by atoms with Crippen molar-refractivity contribution in [3.8, 4) is 0 Å². The van der Waals surface area contributed by atoms with Crippen LogP contribution in [0.1, 0.15) is 49.8 Å². The summed E-state index contributed by atoms with van der Waals surface area (Å²) in [6, 6.07) is 20.2. The van der Waals surface area contributed by atoms with Gasteiger partial charge in [0.15, 0.2) is 0 Å². The monoisotopic (exact) mass is 624 g/mol. The van der Waals surface area contributed by atoms with Gasteiger partial charge in [-0.2, -0.15) is 4.31 Å². The van der Waals surface area contributed by atoms with Gasteiger partial charge < -0.3 is 15.3 Å². The number of nitrogens with one attached hydrogen (secondary N) is 1. The Morgan fingerprint density at radius 2 is 1.57 bits per heavy atom. The second kappa shape index (κ2) is 16.0. The Labute approximate surface area is 258 Å². The molecule has 0 aliphatic heterocycles. The molecule has 12 heteroatoms. The number of benzene rings is 3. The minimum atomic E-state index is -4.06. The number of carbonyl (C=O) groups is 2. The van der Waals surface area contributed by atoms with Crippen LogP contribution in [-0.4, -0.2) is 58.8 Å². The quantitative estimate of drug-likeness (QED) is 0.120. The van der Waals surface area contributed by atoms with Gasteiger partial charge in [0.1, 0.15) is 6.04 Å². The summed E-state index contributed by atoms with van der Waals surface area (Å²) in [7, 11) is -4.06. The fourth-order valence-electron chi connectivity index (χ4n) is 4.75. The third-order valence-corrected chi connectivity index (χ3v) is 8.87. The van der Waals surface area contributed by atoms with Crippen molar-refractivity contribution in [1.29, 1.82) is 0 Å². The smallest absolute Gasteiger partial charge is 0.322 e. The number of hydrogen-bond acceptors (Lipinski definition) is 6. The zero-order valence-electron chi connectivity index (χ0n) is 25.3. The van der Waals surface area contributed by atoms with Crippen molar-refractivity contribution in [2.24, 2.45) is 5.92 Å². The number of amides is 2. The summed E-state index contributed by atoms with van der Waals surface area (Å²) in [5.41, 5.74) is 2.32. The summed E-state index contributed by atoms with van der Waals surface area (Å²) in [5, 5.41) is 24.1. The number of aliphatic carboxylic acids is 1. The number of nitro groups is 1. The first-order valence-corrected chi connectivity index (χ1v) is 15.9. The molecule has 0 saturated carbocycles. The summed E-state index contributed by atoms with van der Waals surface area (Å²) in [6.45, 7) is 6.22. The summed E-state index contributed by atoms with van der Waals surface area (Å²) >= 11 is 0. The molecule has 11 nitrogen and oxygen atoms in total. The second-order valence-corrected chi connectivity index (χ2v) is 13.0. The number of carboxylic acid groups (broad SMARTS) is 1. The molecular weight excluding hydrogens is 584 g/mol. The molecule has 0 fully saturated rings. The first kappa shape index (κ1) is 34.2. The van der Waals surface area contributed by atoms with E-state index >= 15 is 0 Å². The van der Waals surface area contributed by atoms with Crippen LogP contribution < -0.4 is 5.32 Å². The molecule has 3 rings (SSSR count). The number of aryl methyl sites for hydroxylation is 1. The predicted molar refractivity (Wildman–Crippen MR) is 167 cm³/mol. The normalized spacial score (nSPS) is 12.2. The lowest BCUT2D eigenvalue weighted by Gasteiger charge is -2.29. The van der Waals surface area contributed by atoms with Crippen molar-refractivity contribution in [2.75, 3.05) is 13.1 Å². The van der Waals surface area contributed by atoms with E-state index in [1.165, 1.54) is 24.3 Å². The van der Waals surface area contributed by atoms with E-state index < -0.39 is 27.0 Å². The Hall–Kier alpha value is -4.29. The summed E-state index contributed by atoms with van der Waals surface area (Å²) in [6.07, 6.45) is 0.856. The number of sulfonamides is 1. The Kier molecular flexibility index (Phi) is 12.4. The molecule has 0 saturated heterocycles. The highest BCUT2D eigenvalue weighted by molar-refractivity contribution is 7.89. The minimum Gasteiger partial charge on any atom is -0.480 e.